The van der Waals surface area contributed by atoms with Crippen molar-refractivity contribution in [3.05, 3.63) is 66.7 Å². The number of anilines is 1. The Morgan fingerprint density at radius 1 is 1.10 bits per heavy atom. The molecule has 0 saturated heterocycles. The third-order valence-corrected chi connectivity index (χ3v) is 3.35. The molecule has 1 aromatic carbocycles. The molecule has 1 N–H and O–H groups in total. The molecule has 0 amide bonds. The highest BCUT2D eigenvalue weighted by Crippen LogP contribution is 2.15. The second-order valence-corrected chi connectivity index (χ2v) is 4.64. The van der Waals surface area contributed by atoms with Crippen molar-refractivity contribution < 1.29 is 0 Å². The second-order valence-electron chi connectivity index (χ2n) is 4.64. The Labute approximate surface area is 118 Å². The Morgan fingerprint density at radius 2 is 2.05 bits per heavy atom. The largest absolute Gasteiger partial charge is 0.379 e. The summed E-state index contributed by atoms with van der Waals surface area (Å²) in [4.78, 5) is 0. The van der Waals surface area contributed by atoms with Gasteiger partial charge in [0, 0.05) is 36.5 Å². The van der Waals surface area contributed by atoms with Gasteiger partial charge < -0.3 is 9.88 Å². The van der Waals surface area contributed by atoms with Gasteiger partial charge in [-0.15, -0.1) is 0 Å². The molecule has 0 radical (unpaired) electrons. The fourth-order valence-corrected chi connectivity index (χ4v) is 2.29. The van der Waals surface area contributed by atoms with E-state index < -0.39 is 0 Å². The van der Waals surface area contributed by atoms with Gasteiger partial charge in [-0.25, -0.2) is 4.68 Å². The first-order chi connectivity index (χ1) is 9.86. The van der Waals surface area contributed by atoms with Gasteiger partial charge >= 0.3 is 0 Å². The maximum absolute atomic E-state index is 4.25. The molecule has 3 rings (SSSR count). The minimum absolute atomic E-state index is 0.823. The number of nitrogens with zero attached hydrogens (tertiary/aromatic N) is 3. The van der Waals surface area contributed by atoms with Gasteiger partial charge in [0.05, 0.1) is 12.2 Å². The van der Waals surface area contributed by atoms with Crippen LogP contribution in [0.1, 0.15) is 12.6 Å². The van der Waals surface area contributed by atoms with Crippen LogP contribution < -0.4 is 5.32 Å². The summed E-state index contributed by atoms with van der Waals surface area (Å²) in [5.41, 5.74) is 3.45. The maximum Gasteiger partial charge on any atom is 0.0666 e. The Kier molecular flexibility index (Phi) is 3.54. The molecule has 0 bridgehead atoms. The summed E-state index contributed by atoms with van der Waals surface area (Å²) in [5.74, 6) is 0. The lowest BCUT2D eigenvalue weighted by atomic mass is 10.2. The fraction of sp³-hybridized carbons (Fsp3) is 0.188. The van der Waals surface area contributed by atoms with Crippen LogP contribution in [0.15, 0.2) is 61.1 Å². The van der Waals surface area contributed by atoms with Gasteiger partial charge in [-0.05, 0) is 43.3 Å². The number of aromatic nitrogens is 3. The highest BCUT2D eigenvalue weighted by molar-refractivity contribution is 5.51. The van der Waals surface area contributed by atoms with Crippen LogP contribution in [0.5, 0.6) is 0 Å². The number of rotatable bonds is 5. The molecule has 3 aromatic rings. The molecule has 0 saturated carbocycles. The summed E-state index contributed by atoms with van der Waals surface area (Å²) in [6.07, 6.45) is 5.84. The van der Waals surface area contributed by atoms with E-state index in [0.29, 0.717) is 0 Å². The smallest absolute Gasteiger partial charge is 0.0666 e. The zero-order chi connectivity index (χ0) is 13.8. The van der Waals surface area contributed by atoms with Crippen molar-refractivity contribution in [3.8, 4) is 5.69 Å². The fourth-order valence-electron chi connectivity index (χ4n) is 2.29. The average Bonchev–Trinajstić information content (AvgIpc) is 3.16. The lowest BCUT2D eigenvalue weighted by Crippen LogP contribution is -2.06. The predicted molar refractivity (Wildman–Crippen MR) is 81.0 cm³/mol. The molecule has 0 aliphatic carbocycles. The third-order valence-electron chi connectivity index (χ3n) is 3.35. The Hall–Kier alpha value is -2.49. The monoisotopic (exact) mass is 266 g/mol. The molecule has 0 fully saturated rings. The summed E-state index contributed by atoms with van der Waals surface area (Å²) in [6.45, 7) is 3.97. The number of nitrogens with one attached hydrogen (secondary N) is 1. The first-order valence-electron chi connectivity index (χ1n) is 6.85. The van der Waals surface area contributed by atoms with E-state index in [0.717, 1.165) is 24.5 Å². The summed E-state index contributed by atoms with van der Waals surface area (Å²) >= 11 is 0. The van der Waals surface area contributed by atoms with E-state index >= 15 is 0 Å². The van der Waals surface area contributed by atoms with E-state index in [1.807, 2.05) is 29.1 Å². The van der Waals surface area contributed by atoms with Gasteiger partial charge in [-0.3, -0.25) is 0 Å². The first-order valence-corrected chi connectivity index (χ1v) is 6.85. The van der Waals surface area contributed by atoms with Gasteiger partial charge in [-0.2, -0.15) is 5.10 Å². The van der Waals surface area contributed by atoms with Crippen molar-refractivity contribution in [2.45, 2.75) is 20.0 Å². The zero-order valence-electron chi connectivity index (χ0n) is 11.5. The minimum atomic E-state index is 0.823. The lowest BCUT2D eigenvalue weighted by molar-refractivity contribution is 0.724. The first kappa shape index (κ1) is 12.5. The molecular formula is C16H18N4. The number of hydrogen-bond donors (Lipinski definition) is 1. The zero-order valence-corrected chi connectivity index (χ0v) is 11.5. The van der Waals surface area contributed by atoms with E-state index in [2.05, 4.69) is 52.4 Å². The molecule has 0 aliphatic rings. The van der Waals surface area contributed by atoms with Crippen molar-refractivity contribution >= 4 is 5.69 Å². The van der Waals surface area contributed by atoms with Crippen LogP contribution in [0.4, 0.5) is 5.69 Å². The molecule has 2 aromatic heterocycles. The maximum atomic E-state index is 4.25. The Bertz CT molecular complexity index is 667. The third kappa shape index (κ3) is 2.59. The summed E-state index contributed by atoms with van der Waals surface area (Å²) in [5, 5.41) is 7.71. The molecule has 102 valence electrons. The van der Waals surface area contributed by atoms with Crippen LogP contribution in [0.2, 0.25) is 0 Å². The van der Waals surface area contributed by atoms with E-state index in [9.17, 15) is 0 Å². The lowest BCUT2D eigenvalue weighted by Gasteiger charge is -2.10. The highest BCUT2D eigenvalue weighted by Gasteiger charge is 2.01. The van der Waals surface area contributed by atoms with Crippen LogP contribution in [-0.2, 0) is 13.1 Å². The van der Waals surface area contributed by atoms with Gasteiger partial charge in [-0.1, -0.05) is 6.07 Å². The molecule has 2 heterocycles. The van der Waals surface area contributed by atoms with E-state index in [1.165, 1.54) is 5.69 Å². The predicted octanol–water partition coefficient (Wildman–Crippen LogP) is 3.31. The van der Waals surface area contributed by atoms with Gasteiger partial charge in [0.15, 0.2) is 0 Å². The van der Waals surface area contributed by atoms with Crippen molar-refractivity contribution in [1.82, 2.24) is 14.3 Å². The summed E-state index contributed by atoms with van der Waals surface area (Å²) in [6, 6.07) is 14.4. The van der Waals surface area contributed by atoms with Crippen molar-refractivity contribution in [3.63, 3.8) is 0 Å². The highest BCUT2D eigenvalue weighted by atomic mass is 15.3. The molecule has 4 nitrogen and oxygen atoms in total. The topological polar surface area (TPSA) is 34.8 Å². The van der Waals surface area contributed by atoms with Gasteiger partial charge in [0.1, 0.15) is 0 Å². The SMILES string of the molecule is CCn1cccc1CNc1cccc(-n2cccn2)c1. The quantitative estimate of drug-likeness (QED) is 0.769. The van der Waals surface area contributed by atoms with Crippen LogP contribution in [0.3, 0.4) is 0 Å². The van der Waals surface area contributed by atoms with Crippen molar-refractivity contribution in [2.75, 3.05) is 5.32 Å². The van der Waals surface area contributed by atoms with Crippen molar-refractivity contribution in [2.24, 2.45) is 0 Å². The summed E-state index contributed by atoms with van der Waals surface area (Å²) < 4.78 is 4.10. The van der Waals surface area contributed by atoms with Crippen LogP contribution in [0.25, 0.3) is 5.69 Å². The molecule has 0 unspecified atom stereocenters. The number of hydrogen-bond acceptors (Lipinski definition) is 2. The van der Waals surface area contributed by atoms with Gasteiger partial charge in [0.25, 0.3) is 0 Å². The molecule has 20 heavy (non-hydrogen) atoms. The Balaban J connectivity index is 1.74. The molecule has 0 spiro atoms. The van der Waals surface area contributed by atoms with E-state index in [1.54, 1.807) is 6.20 Å². The standard InChI is InChI=1S/C16H18N4/c1-2-19-10-4-8-16(19)13-17-14-6-3-7-15(12-14)20-11-5-9-18-20/h3-12,17H,2,13H2,1H3. The van der Waals surface area contributed by atoms with Crippen LogP contribution >= 0.6 is 0 Å². The number of aryl methyl sites for hydroxylation is 1. The normalized spacial score (nSPS) is 10.7. The average molecular weight is 266 g/mol. The van der Waals surface area contributed by atoms with Crippen LogP contribution in [0, 0.1) is 0 Å². The summed E-state index contributed by atoms with van der Waals surface area (Å²) in [7, 11) is 0. The molecule has 4 heteroatoms. The number of benzene rings is 1. The molecular weight excluding hydrogens is 248 g/mol. The van der Waals surface area contributed by atoms with E-state index in [-0.39, 0.29) is 0 Å². The van der Waals surface area contributed by atoms with E-state index in [4.69, 9.17) is 0 Å². The van der Waals surface area contributed by atoms with Gasteiger partial charge in [0.2, 0.25) is 0 Å². The van der Waals surface area contributed by atoms with Crippen molar-refractivity contribution in [1.29, 1.82) is 0 Å². The Morgan fingerprint density at radius 3 is 2.85 bits per heavy atom. The minimum Gasteiger partial charge on any atom is -0.379 e. The molecule has 0 aliphatic heterocycles. The second kappa shape index (κ2) is 5.65. The molecule has 0 atom stereocenters. The van der Waals surface area contributed by atoms with Crippen LogP contribution in [-0.4, -0.2) is 14.3 Å².